The van der Waals surface area contributed by atoms with Gasteiger partial charge in [-0.25, -0.2) is 13.1 Å². The van der Waals surface area contributed by atoms with Gasteiger partial charge in [-0.1, -0.05) is 0 Å². The lowest BCUT2D eigenvalue weighted by Gasteiger charge is -2.09. The van der Waals surface area contributed by atoms with Crippen LogP contribution in [0.1, 0.15) is 12.1 Å². The highest BCUT2D eigenvalue weighted by Crippen LogP contribution is 2.20. The van der Waals surface area contributed by atoms with Gasteiger partial charge in [0.25, 0.3) is 0 Å². The van der Waals surface area contributed by atoms with Crippen LogP contribution in [0.25, 0.3) is 11.3 Å². The maximum absolute atomic E-state index is 12.1. The van der Waals surface area contributed by atoms with E-state index in [9.17, 15) is 21.6 Å². The van der Waals surface area contributed by atoms with Crippen LogP contribution in [0.15, 0.2) is 30.6 Å². The number of aromatic nitrogens is 3. The molecule has 2 aromatic heterocycles. The van der Waals surface area contributed by atoms with Crippen molar-refractivity contribution in [3.63, 3.8) is 0 Å². The zero-order chi connectivity index (χ0) is 17.8. The van der Waals surface area contributed by atoms with Gasteiger partial charge in [0.15, 0.2) is 0 Å². The zero-order valence-electron chi connectivity index (χ0n) is 12.9. The van der Waals surface area contributed by atoms with E-state index >= 15 is 0 Å². The summed E-state index contributed by atoms with van der Waals surface area (Å²) < 4.78 is 63.1. The fraction of sp³-hybridized carbons (Fsp3) is 0.429. The quantitative estimate of drug-likeness (QED) is 0.819. The molecule has 2 heterocycles. The Hall–Kier alpha value is -1.94. The molecule has 0 aliphatic heterocycles. The van der Waals surface area contributed by atoms with Crippen LogP contribution in [0.2, 0.25) is 0 Å². The summed E-state index contributed by atoms with van der Waals surface area (Å²) in [6, 6.07) is 5.44. The van der Waals surface area contributed by atoms with Crippen LogP contribution in [0, 0.1) is 6.92 Å². The first-order valence-electron chi connectivity index (χ1n) is 7.15. The van der Waals surface area contributed by atoms with Gasteiger partial charge in [0.1, 0.15) is 0 Å². The van der Waals surface area contributed by atoms with Crippen molar-refractivity contribution in [2.45, 2.75) is 26.1 Å². The maximum Gasteiger partial charge on any atom is 0.390 e. The summed E-state index contributed by atoms with van der Waals surface area (Å²) in [4.78, 5) is 3.92. The highest BCUT2D eigenvalue weighted by Gasteiger charge is 2.29. The lowest BCUT2D eigenvalue weighted by Crippen LogP contribution is -2.31. The molecule has 6 nitrogen and oxygen atoms in total. The summed E-state index contributed by atoms with van der Waals surface area (Å²) in [5.41, 5.74) is 2.41. The Morgan fingerprint density at radius 1 is 1.25 bits per heavy atom. The molecule has 24 heavy (non-hydrogen) atoms. The molecule has 0 amide bonds. The fourth-order valence-corrected chi connectivity index (χ4v) is 3.08. The number of alkyl halides is 3. The van der Waals surface area contributed by atoms with Crippen molar-refractivity contribution in [2.24, 2.45) is 0 Å². The van der Waals surface area contributed by atoms with Crippen molar-refractivity contribution in [3.05, 3.63) is 36.3 Å². The molecule has 1 N–H and O–H groups in total. The van der Waals surface area contributed by atoms with E-state index in [0.29, 0.717) is 0 Å². The molecule has 0 bridgehead atoms. The molecular weight excluding hydrogens is 345 g/mol. The number of nitrogens with zero attached hydrogens (tertiary/aromatic N) is 3. The highest BCUT2D eigenvalue weighted by molar-refractivity contribution is 7.89. The van der Waals surface area contributed by atoms with Gasteiger partial charge in [0, 0.05) is 30.2 Å². The standard InChI is InChI=1S/C14H17F3N4O2S/c1-11-10-13(12-2-5-18-6-3-12)20-21(11)8-7-19-24(22,23)9-4-14(15,16)17/h2-3,5-6,10,19H,4,7-9H2,1H3. The molecule has 0 aliphatic carbocycles. The number of hydrogen-bond acceptors (Lipinski definition) is 4. The number of aryl methyl sites for hydroxylation is 1. The van der Waals surface area contributed by atoms with Crippen molar-refractivity contribution < 1.29 is 21.6 Å². The van der Waals surface area contributed by atoms with Gasteiger partial charge < -0.3 is 0 Å². The van der Waals surface area contributed by atoms with Gasteiger partial charge in [-0.05, 0) is 25.1 Å². The van der Waals surface area contributed by atoms with Gasteiger partial charge in [-0.3, -0.25) is 9.67 Å². The normalized spacial score (nSPS) is 12.5. The third-order valence-electron chi connectivity index (χ3n) is 3.26. The largest absolute Gasteiger partial charge is 0.390 e. The topological polar surface area (TPSA) is 76.9 Å². The second kappa shape index (κ2) is 7.31. The van der Waals surface area contributed by atoms with Crippen molar-refractivity contribution in [1.82, 2.24) is 19.5 Å². The van der Waals surface area contributed by atoms with Crippen molar-refractivity contribution in [3.8, 4) is 11.3 Å². The molecule has 0 aromatic carbocycles. The van der Waals surface area contributed by atoms with Crippen LogP contribution in [0.4, 0.5) is 13.2 Å². The van der Waals surface area contributed by atoms with E-state index in [1.807, 2.05) is 13.0 Å². The van der Waals surface area contributed by atoms with Gasteiger partial charge in [-0.15, -0.1) is 0 Å². The molecule has 0 saturated carbocycles. The minimum absolute atomic E-state index is 0.0293. The first-order valence-corrected chi connectivity index (χ1v) is 8.80. The first-order chi connectivity index (χ1) is 11.2. The fourth-order valence-electron chi connectivity index (χ4n) is 2.03. The molecule has 132 valence electrons. The lowest BCUT2D eigenvalue weighted by molar-refractivity contribution is -0.129. The SMILES string of the molecule is Cc1cc(-c2ccncc2)nn1CCNS(=O)(=O)CCC(F)(F)F. The Balaban J connectivity index is 1.92. The molecule has 0 unspecified atom stereocenters. The van der Waals surface area contributed by atoms with Crippen molar-refractivity contribution >= 4 is 10.0 Å². The number of rotatable bonds is 7. The zero-order valence-corrected chi connectivity index (χ0v) is 13.7. The number of sulfonamides is 1. The van der Waals surface area contributed by atoms with E-state index in [2.05, 4.69) is 14.8 Å². The third kappa shape index (κ3) is 5.60. The molecule has 0 aliphatic rings. The summed E-state index contributed by atoms with van der Waals surface area (Å²) in [6.45, 7) is 2.01. The van der Waals surface area contributed by atoms with Gasteiger partial charge in [-0.2, -0.15) is 18.3 Å². The molecule has 0 saturated heterocycles. The van der Waals surface area contributed by atoms with E-state index in [-0.39, 0.29) is 13.1 Å². The summed E-state index contributed by atoms with van der Waals surface area (Å²) in [5.74, 6) is -0.975. The average molecular weight is 362 g/mol. The highest BCUT2D eigenvalue weighted by atomic mass is 32.2. The second-order valence-electron chi connectivity index (χ2n) is 5.21. The predicted octanol–water partition coefficient (Wildman–Crippen LogP) is 2.13. The number of hydrogen-bond donors (Lipinski definition) is 1. The van der Waals surface area contributed by atoms with E-state index in [0.717, 1.165) is 17.0 Å². The van der Waals surface area contributed by atoms with Crippen LogP contribution in [-0.2, 0) is 16.6 Å². The molecule has 0 spiro atoms. The first kappa shape index (κ1) is 18.4. The number of nitrogens with one attached hydrogen (secondary N) is 1. The van der Waals surface area contributed by atoms with Crippen LogP contribution < -0.4 is 4.72 Å². The molecule has 2 rings (SSSR count). The Morgan fingerprint density at radius 2 is 1.92 bits per heavy atom. The van der Waals surface area contributed by atoms with Gasteiger partial charge >= 0.3 is 6.18 Å². The van der Waals surface area contributed by atoms with Gasteiger partial charge in [0.05, 0.1) is 24.4 Å². The van der Waals surface area contributed by atoms with Crippen LogP contribution in [-0.4, -0.2) is 41.7 Å². The number of pyridine rings is 1. The average Bonchev–Trinajstić information content (AvgIpc) is 2.87. The Kier molecular flexibility index (Phi) is 5.60. The van der Waals surface area contributed by atoms with Crippen LogP contribution in [0.5, 0.6) is 0 Å². The lowest BCUT2D eigenvalue weighted by atomic mass is 10.2. The predicted molar refractivity (Wildman–Crippen MR) is 82.7 cm³/mol. The Morgan fingerprint density at radius 3 is 2.54 bits per heavy atom. The monoisotopic (exact) mass is 362 g/mol. The maximum atomic E-state index is 12.1. The van der Waals surface area contributed by atoms with E-state index in [1.165, 1.54) is 0 Å². The summed E-state index contributed by atoms with van der Waals surface area (Å²) >= 11 is 0. The van der Waals surface area contributed by atoms with E-state index in [4.69, 9.17) is 0 Å². The molecule has 0 fully saturated rings. The summed E-state index contributed by atoms with van der Waals surface area (Å²) in [7, 11) is -3.96. The van der Waals surface area contributed by atoms with E-state index in [1.54, 1.807) is 29.2 Å². The van der Waals surface area contributed by atoms with Crippen molar-refractivity contribution in [2.75, 3.05) is 12.3 Å². The summed E-state index contributed by atoms with van der Waals surface area (Å²) in [6.07, 6.45) is -2.58. The smallest absolute Gasteiger partial charge is 0.268 e. The van der Waals surface area contributed by atoms with Crippen LogP contribution in [0.3, 0.4) is 0 Å². The van der Waals surface area contributed by atoms with Crippen molar-refractivity contribution in [1.29, 1.82) is 0 Å². The minimum atomic E-state index is -4.49. The third-order valence-corrected chi connectivity index (χ3v) is 4.64. The Bertz CT molecular complexity index is 773. The van der Waals surface area contributed by atoms with Crippen LogP contribution >= 0.6 is 0 Å². The minimum Gasteiger partial charge on any atom is -0.268 e. The second-order valence-corrected chi connectivity index (χ2v) is 7.13. The molecule has 0 atom stereocenters. The molecule has 10 heteroatoms. The number of halogens is 3. The van der Waals surface area contributed by atoms with Gasteiger partial charge in [0.2, 0.25) is 10.0 Å². The van der Waals surface area contributed by atoms with E-state index < -0.39 is 28.4 Å². The Labute approximate surface area is 137 Å². The summed E-state index contributed by atoms with van der Waals surface area (Å²) in [5, 5.41) is 4.36. The molecular formula is C14H17F3N4O2S. The molecule has 2 aromatic rings. The molecule has 0 radical (unpaired) electrons.